The van der Waals surface area contributed by atoms with Crippen molar-refractivity contribution in [2.45, 2.75) is 40.3 Å². The average Bonchev–Trinajstić information content (AvgIpc) is 2.28. The van der Waals surface area contributed by atoms with Crippen molar-refractivity contribution >= 4 is 0 Å². The Morgan fingerprint density at radius 1 is 1.19 bits per heavy atom. The van der Waals surface area contributed by atoms with Crippen LogP contribution in [0.3, 0.4) is 0 Å². The summed E-state index contributed by atoms with van der Waals surface area (Å²) in [4.78, 5) is 2.30. The Morgan fingerprint density at radius 3 is 2.38 bits per heavy atom. The summed E-state index contributed by atoms with van der Waals surface area (Å²) < 4.78 is 0. The van der Waals surface area contributed by atoms with E-state index in [1.54, 1.807) is 0 Å². The van der Waals surface area contributed by atoms with Crippen LogP contribution in [0.4, 0.5) is 0 Å². The number of benzene rings is 1. The zero-order chi connectivity index (χ0) is 12.3. The first-order valence-electron chi connectivity index (χ1n) is 5.93. The fraction of sp³-hybridized carbons (Fsp3) is 0.571. The van der Waals surface area contributed by atoms with E-state index in [-0.39, 0.29) is 0 Å². The van der Waals surface area contributed by atoms with E-state index in [1.165, 1.54) is 22.3 Å². The Balaban J connectivity index is 2.86. The normalized spacial score (nSPS) is 13.2. The van der Waals surface area contributed by atoms with E-state index < -0.39 is 0 Å². The molecule has 0 amide bonds. The van der Waals surface area contributed by atoms with Crippen LogP contribution in [0.2, 0.25) is 0 Å². The van der Waals surface area contributed by atoms with Gasteiger partial charge >= 0.3 is 0 Å². The van der Waals surface area contributed by atoms with E-state index in [1.807, 2.05) is 0 Å². The molecule has 1 rings (SSSR count). The molecule has 0 aliphatic rings. The summed E-state index contributed by atoms with van der Waals surface area (Å²) in [5.41, 5.74) is 11.3. The zero-order valence-corrected chi connectivity index (χ0v) is 11.2. The van der Waals surface area contributed by atoms with Crippen LogP contribution in [0.15, 0.2) is 12.1 Å². The van der Waals surface area contributed by atoms with Gasteiger partial charge in [-0.25, -0.2) is 0 Å². The molecule has 90 valence electrons. The number of hydrogen-bond acceptors (Lipinski definition) is 2. The van der Waals surface area contributed by atoms with Crippen LogP contribution in [0.5, 0.6) is 0 Å². The third-order valence-corrected chi connectivity index (χ3v) is 3.68. The monoisotopic (exact) mass is 220 g/mol. The summed E-state index contributed by atoms with van der Waals surface area (Å²) in [5.74, 6) is 0. The Bertz CT molecular complexity index is 358. The van der Waals surface area contributed by atoms with Gasteiger partial charge in [0.15, 0.2) is 0 Å². The molecule has 0 fully saturated rings. The molecule has 2 heteroatoms. The van der Waals surface area contributed by atoms with Gasteiger partial charge in [0.2, 0.25) is 0 Å². The first-order chi connectivity index (χ1) is 7.47. The summed E-state index contributed by atoms with van der Waals surface area (Å²) in [5, 5.41) is 0. The molecule has 1 aromatic carbocycles. The van der Waals surface area contributed by atoms with Gasteiger partial charge < -0.3 is 5.73 Å². The van der Waals surface area contributed by atoms with Gasteiger partial charge in [0.1, 0.15) is 0 Å². The van der Waals surface area contributed by atoms with E-state index in [4.69, 9.17) is 5.73 Å². The molecule has 0 radical (unpaired) electrons. The van der Waals surface area contributed by atoms with Gasteiger partial charge in [0, 0.05) is 19.1 Å². The maximum absolute atomic E-state index is 5.68. The Hall–Kier alpha value is -0.860. The lowest BCUT2D eigenvalue weighted by Gasteiger charge is -2.24. The number of likely N-dealkylation sites (N-methyl/N-ethyl adjacent to an activating group) is 1. The summed E-state index contributed by atoms with van der Waals surface area (Å²) in [6, 6.07) is 4.87. The topological polar surface area (TPSA) is 29.3 Å². The van der Waals surface area contributed by atoms with Crippen LogP contribution < -0.4 is 5.73 Å². The highest BCUT2D eigenvalue weighted by Gasteiger charge is 2.10. The van der Waals surface area contributed by atoms with Crippen molar-refractivity contribution < 1.29 is 0 Å². The van der Waals surface area contributed by atoms with Gasteiger partial charge in [0.05, 0.1) is 0 Å². The molecule has 0 aromatic heterocycles. The van der Waals surface area contributed by atoms with E-state index in [2.05, 4.69) is 51.8 Å². The van der Waals surface area contributed by atoms with Gasteiger partial charge in [0.25, 0.3) is 0 Å². The summed E-state index contributed by atoms with van der Waals surface area (Å²) >= 11 is 0. The largest absolute Gasteiger partial charge is 0.329 e. The molecule has 2 nitrogen and oxygen atoms in total. The Kier molecular flexibility index (Phi) is 4.51. The summed E-state index contributed by atoms with van der Waals surface area (Å²) in [6.45, 7) is 10.4. The van der Waals surface area contributed by atoms with E-state index in [9.17, 15) is 0 Å². The third kappa shape index (κ3) is 2.83. The molecule has 2 N–H and O–H groups in total. The molecule has 16 heavy (non-hydrogen) atoms. The second-order valence-corrected chi connectivity index (χ2v) is 4.79. The minimum atomic E-state index is 0.431. The first-order valence-corrected chi connectivity index (χ1v) is 5.93. The molecule has 1 unspecified atom stereocenters. The second kappa shape index (κ2) is 5.46. The van der Waals surface area contributed by atoms with Crippen LogP contribution in [0.1, 0.15) is 29.2 Å². The molecule has 1 aromatic rings. The van der Waals surface area contributed by atoms with E-state index >= 15 is 0 Å². The Labute approximate surface area is 99.5 Å². The van der Waals surface area contributed by atoms with Crippen molar-refractivity contribution in [3.8, 4) is 0 Å². The maximum atomic E-state index is 5.68. The number of aryl methyl sites for hydroxylation is 1. The van der Waals surface area contributed by atoms with E-state index in [0.29, 0.717) is 12.6 Å². The van der Waals surface area contributed by atoms with Crippen LogP contribution in [0.25, 0.3) is 0 Å². The smallest absolute Gasteiger partial charge is 0.0236 e. The highest BCUT2D eigenvalue weighted by Crippen LogP contribution is 2.18. The number of hydrogen-bond donors (Lipinski definition) is 1. The van der Waals surface area contributed by atoms with Crippen molar-refractivity contribution in [1.82, 2.24) is 4.90 Å². The fourth-order valence-corrected chi connectivity index (χ4v) is 1.79. The molecule has 0 aliphatic heterocycles. The molecule has 0 saturated carbocycles. The highest BCUT2D eigenvalue weighted by atomic mass is 15.1. The third-order valence-electron chi connectivity index (χ3n) is 3.68. The van der Waals surface area contributed by atoms with Crippen LogP contribution in [0, 0.1) is 20.8 Å². The van der Waals surface area contributed by atoms with Gasteiger partial charge in [-0.05, 0) is 57.0 Å². The highest BCUT2D eigenvalue weighted by molar-refractivity contribution is 5.38. The van der Waals surface area contributed by atoms with Gasteiger partial charge in [-0.15, -0.1) is 0 Å². The minimum absolute atomic E-state index is 0.431. The zero-order valence-electron chi connectivity index (χ0n) is 11.2. The van der Waals surface area contributed by atoms with Gasteiger partial charge in [-0.1, -0.05) is 12.1 Å². The van der Waals surface area contributed by atoms with Crippen LogP contribution in [-0.4, -0.2) is 24.5 Å². The predicted molar refractivity (Wildman–Crippen MR) is 70.6 cm³/mol. The number of nitrogens with zero attached hydrogens (tertiary/aromatic N) is 1. The molecule has 0 bridgehead atoms. The first kappa shape index (κ1) is 13.2. The number of nitrogens with two attached hydrogens (primary N) is 1. The van der Waals surface area contributed by atoms with Crippen molar-refractivity contribution in [3.63, 3.8) is 0 Å². The lowest BCUT2D eigenvalue weighted by atomic mass is 9.98. The maximum Gasteiger partial charge on any atom is 0.0236 e. The van der Waals surface area contributed by atoms with Crippen molar-refractivity contribution in [1.29, 1.82) is 0 Å². The lowest BCUT2D eigenvalue weighted by molar-refractivity contribution is 0.254. The summed E-state index contributed by atoms with van der Waals surface area (Å²) in [7, 11) is 2.13. The molecular weight excluding hydrogens is 196 g/mol. The fourth-order valence-electron chi connectivity index (χ4n) is 1.79. The lowest BCUT2D eigenvalue weighted by Crippen LogP contribution is -2.34. The molecule has 0 spiro atoms. The molecule has 0 saturated heterocycles. The van der Waals surface area contributed by atoms with Crippen LogP contribution in [-0.2, 0) is 6.54 Å². The summed E-state index contributed by atoms with van der Waals surface area (Å²) in [6.07, 6.45) is 0. The number of rotatable bonds is 4. The molecule has 1 atom stereocenters. The van der Waals surface area contributed by atoms with Gasteiger partial charge in [-0.2, -0.15) is 0 Å². The molecular formula is C14H24N2. The van der Waals surface area contributed by atoms with Crippen molar-refractivity contribution in [3.05, 3.63) is 34.4 Å². The van der Waals surface area contributed by atoms with Crippen LogP contribution >= 0.6 is 0 Å². The van der Waals surface area contributed by atoms with Gasteiger partial charge in [-0.3, -0.25) is 4.90 Å². The standard InChI is InChI=1S/C14H24N2/c1-10-6-7-14(13(4)12(10)3)9-16(5)11(2)8-15/h6-7,11H,8-9,15H2,1-5H3. The second-order valence-electron chi connectivity index (χ2n) is 4.79. The van der Waals surface area contributed by atoms with E-state index in [0.717, 1.165) is 6.54 Å². The quantitative estimate of drug-likeness (QED) is 0.844. The predicted octanol–water partition coefficient (Wildman–Crippen LogP) is 2.39. The SMILES string of the molecule is Cc1ccc(CN(C)C(C)CN)c(C)c1C. The average molecular weight is 220 g/mol. The molecule has 0 aliphatic carbocycles. The van der Waals surface area contributed by atoms with Crippen molar-refractivity contribution in [2.75, 3.05) is 13.6 Å². The van der Waals surface area contributed by atoms with Crippen molar-refractivity contribution in [2.24, 2.45) is 5.73 Å². The Morgan fingerprint density at radius 2 is 1.81 bits per heavy atom. The molecule has 0 heterocycles. The minimum Gasteiger partial charge on any atom is -0.329 e.